The van der Waals surface area contributed by atoms with Gasteiger partial charge in [-0.2, -0.15) is 5.26 Å². The van der Waals surface area contributed by atoms with Crippen molar-refractivity contribution in [2.24, 2.45) is 0 Å². The first kappa shape index (κ1) is 37.7. The maximum Gasteiger partial charge on any atom is 0.270 e. The summed E-state index contributed by atoms with van der Waals surface area (Å²) < 4.78 is 2.03. The number of rotatable bonds is 7. The highest BCUT2D eigenvalue weighted by molar-refractivity contribution is 6.37. The summed E-state index contributed by atoms with van der Waals surface area (Å²) in [5.41, 5.74) is 11.4. The lowest BCUT2D eigenvalue weighted by molar-refractivity contribution is 0.0926. The quantitative estimate of drug-likeness (QED) is 0.118. The van der Waals surface area contributed by atoms with E-state index in [1.54, 1.807) is 24.3 Å². The number of imide groups is 1. The number of hydrogen-bond donors (Lipinski definition) is 0. The molecule has 2 amide bonds. The summed E-state index contributed by atoms with van der Waals surface area (Å²) >= 11 is 0. The van der Waals surface area contributed by atoms with E-state index in [4.69, 9.17) is 6.57 Å². The zero-order chi connectivity index (χ0) is 43.3. The van der Waals surface area contributed by atoms with E-state index in [1.165, 1.54) is 4.90 Å². The van der Waals surface area contributed by atoms with Gasteiger partial charge in [-0.15, -0.1) is 4.98 Å². The Hall–Kier alpha value is -9.24. The minimum Gasteiger partial charge on any atom is -0.361 e. The van der Waals surface area contributed by atoms with Crippen LogP contribution < -0.4 is 4.90 Å². The molecular weight excluding hydrogens is 789 g/mol. The fourth-order valence-corrected chi connectivity index (χ4v) is 8.91. The normalized spacial score (nSPS) is 12.1. The lowest BCUT2D eigenvalue weighted by Gasteiger charge is -2.24. The molecule has 8 nitrogen and oxygen atoms in total. The van der Waals surface area contributed by atoms with Gasteiger partial charge < -0.3 is 9.41 Å². The molecule has 10 aromatic rings. The number of carbonyl (C=O) groups is 2. The zero-order valence-corrected chi connectivity index (χ0v) is 34.0. The second-order valence-electron chi connectivity index (χ2n) is 15.5. The maximum atomic E-state index is 15.6. The summed E-state index contributed by atoms with van der Waals surface area (Å²) in [5, 5.41) is 11.5. The van der Waals surface area contributed by atoms with E-state index in [0.717, 1.165) is 66.3 Å². The number of hydrogen-bond acceptors (Lipinski definition) is 5. The minimum absolute atomic E-state index is 0.269. The Morgan fingerprint density at radius 3 is 1.61 bits per heavy atom. The van der Waals surface area contributed by atoms with Crippen molar-refractivity contribution in [2.75, 3.05) is 4.90 Å². The molecular formula is C56H32N6O2. The molecule has 3 aromatic heterocycles. The van der Waals surface area contributed by atoms with Gasteiger partial charge in [0, 0.05) is 33.0 Å². The molecule has 0 saturated heterocycles. The molecule has 11 rings (SSSR count). The van der Waals surface area contributed by atoms with Crippen LogP contribution in [0.4, 0.5) is 11.5 Å². The molecule has 1 aliphatic rings. The highest BCUT2D eigenvalue weighted by atomic mass is 16.2. The van der Waals surface area contributed by atoms with Crippen LogP contribution in [0.3, 0.4) is 0 Å². The van der Waals surface area contributed by atoms with Crippen LogP contribution in [-0.2, 0) is 0 Å². The van der Waals surface area contributed by atoms with Gasteiger partial charge in [0.15, 0.2) is 5.69 Å². The van der Waals surface area contributed by atoms with Gasteiger partial charge in [0.25, 0.3) is 17.6 Å². The summed E-state index contributed by atoms with van der Waals surface area (Å²) in [6.45, 7) is 7.60. The van der Waals surface area contributed by atoms with Crippen molar-refractivity contribution in [1.82, 2.24) is 14.5 Å². The molecule has 0 bridgehead atoms. The molecule has 0 unspecified atom stereocenters. The molecule has 0 saturated carbocycles. The van der Waals surface area contributed by atoms with Crippen LogP contribution >= 0.6 is 0 Å². The molecule has 4 heterocycles. The second kappa shape index (κ2) is 15.3. The van der Waals surface area contributed by atoms with Crippen molar-refractivity contribution >= 4 is 45.1 Å². The van der Waals surface area contributed by atoms with E-state index in [9.17, 15) is 5.26 Å². The third-order valence-corrected chi connectivity index (χ3v) is 11.8. The summed E-state index contributed by atoms with van der Waals surface area (Å²) in [6.07, 6.45) is 0. The van der Waals surface area contributed by atoms with Gasteiger partial charge in [0.2, 0.25) is 0 Å². The monoisotopic (exact) mass is 820 g/mol. The van der Waals surface area contributed by atoms with Crippen LogP contribution in [-0.4, -0.2) is 26.3 Å². The lowest BCUT2D eigenvalue weighted by atomic mass is 9.90. The second-order valence-corrected chi connectivity index (χ2v) is 15.5. The minimum atomic E-state index is -0.449. The standard InChI is InChI=1S/C56H32N6O2/c1-58-52-25-13-23-48(60-52)39-27-29-43-42-28-26-38(47-22-11-20-41(34-57)59-47)32-50(42)61(51(43)33-39)49-24-12-21-44-53(49)56(64)62(55(44)63)54-45(36-16-7-3-8-17-36)30-40(35-14-5-2-6-15-35)31-46(54)37-18-9-4-10-19-37/h2-33H. The van der Waals surface area contributed by atoms with E-state index < -0.39 is 11.8 Å². The van der Waals surface area contributed by atoms with E-state index in [-0.39, 0.29) is 16.9 Å². The van der Waals surface area contributed by atoms with Crippen LogP contribution in [0.25, 0.3) is 88.2 Å². The SMILES string of the molecule is [C-]#[N+]c1cccc(-c2ccc3c4ccc(-c5cccc(C#N)n5)cc4n(-c4cccc5c4C(=O)N(c4c(-c6ccccc6)cc(-c6ccccc6)cc4-c4ccccc4)C5=O)c3c2)n1. The van der Waals surface area contributed by atoms with Gasteiger partial charge in [0.1, 0.15) is 11.8 Å². The first-order chi connectivity index (χ1) is 31.5. The number of pyridine rings is 2. The number of fused-ring (bicyclic) bond motifs is 4. The average molecular weight is 821 g/mol. The molecule has 0 spiro atoms. The first-order valence-corrected chi connectivity index (χ1v) is 20.7. The Morgan fingerprint density at radius 2 is 1.03 bits per heavy atom. The third kappa shape index (κ3) is 6.22. The number of anilines is 1. The Balaban J connectivity index is 1.17. The average Bonchev–Trinajstić information content (AvgIpc) is 3.83. The Bertz CT molecular complexity index is 3450. The number of nitrogens with zero attached hydrogens (tertiary/aromatic N) is 6. The van der Waals surface area contributed by atoms with Crippen LogP contribution in [0.2, 0.25) is 0 Å². The zero-order valence-electron chi connectivity index (χ0n) is 34.0. The van der Waals surface area contributed by atoms with Crippen molar-refractivity contribution in [3.63, 3.8) is 0 Å². The molecule has 0 radical (unpaired) electrons. The number of aromatic nitrogens is 3. The van der Waals surface area contributed by atoms with Gasteiger partial charge in [0.05, 0.1) is 39.2 Å². The number of nitriles is 1. The van der Waals surface area contributed by atoms with Gasteiger partial charge in [-0.1, -0.05) is 134 Å². The molecule has 0 N–H and O–H groups in total. The third-order valence-electron chi connectivity index (χ3n) is 11.8. The van der Waals surface area contributed by atoms with Gasteiger partial charge in [-0.3, -0.25) is 9.59 Å². The number of benzene rings is 7. The van der Waals surface area contributed by atoms with Crippen molar-refractivity contribution in [3.8, 4) is 67.7 Å². The summed E-state index contributed by atoms with van der Waals surface area (Å²) in [4.78, 5) is 45.0. The van der Waals surface area contributed by atoms with Crippen LogP contribution in [0, 0.1) is 17.9 Å². The van der Waals surface area contributed by atoms with E-state index >= 15 is 9.59 Å². The molecule has 0 aliphatic carbocycles. The number of carbonyl (C=O) groups excluding carboxylic acids is 2. The Morgan fingerprint density at radius 1 is 0.484 bits per heavy atom. The topological polar surface area (TPSA) is 96.2 Å². The molecule has 0 fully saturated rings. The summed E-state index contributed by atoms with van der Waals surface area (Å²) in [5.74, 6) is -0.598. The molecule has 64 heavy (non-hydrogen) atoms. The van der Waals surface area contributed by atoms with Gasteiger partial charge >= 0.3 is 0 Å². The van der Waals surface area contributed by atoms with E-state index in [2.05, 4.69) is 45.1 Å². The lowest BCUT2D eigenvalue weighted by Crippen LogP contribution is -2.30. The van der Waals surface area contributed by atoms with Crippen LogP contribution in [0.15, 0.2) is 194 Å². The summed E-state index contributed by atoms with van der Waals surface area (Å²) in [7, 11) is 0. The van der Waals surface area contributed by atoms with Crippen LogP contribution in [0.1, 0.15) is 26.4 Å². The molecule has 298 valence electrons. The maximum absolute atomic E-state index is 15.6. The van der Waals surface area contributed by atoms with Crippen molar-refractivity contribution in [2.45, 2.75) is 0 Å². The predicted molar refractivity (Wildman–Crippen MR) is 252 cm³/mol. The van der Waals surface area contributed by atoms with Crippen molar-refractivity contribution in [1.29, 1.82) is 5.26 Å². The molecule has 0 atom stereocenters. The van der Waals surface area contributed by atoms with Gasteiger partial charge in [-0.05, 0) is 89.0 Å². The van der Waals surface area contributed by atoms with E-state index in [0.29, 0.717) is 28.5 Å². The smallest absolute Gasteiger partial charge is 0.270 e. The highest BCUT2D eigenvalue weighted by Crippen LogP contribution is 2.47. The Labute approximate surface area is 368 Å². The largest absolute Gasteiger partial charge is 0.361 e. The summed E-state index contributed by atoms with van der Waals surface area (Å²) in [6, 6.07) is 64.3. The predicted octanol–water partition coefficient (Wildman–Crippen LogP) is 13.1. The fourth-order valence-electron chi connectivity index (χ4n) is 8.91. The highest BCUT2D eigenvalue weighted by Gasteiger charge is 2.42. The fraction of sp³-hybridized carbons (Fsp3) is 0. The van der Waals surface area contributed by atoms with Crippen LogP contribution in [0.5, 0.6) is 0 Å². The van der Waals surface area contributed by atoms with E-state index in [1.807, 2.05) is 150 Å². The van der Waals surface area contributed by atoms with Crippen molar-refractivity contribution < 1.29 is 9.59 Å². The molecule has 7 aromatic carbocycles. The first-order valence-electron chi connectivity index (χ1n) is 20.7. The Kier molecular flexibility index (Phi) is 9.05. The molecule has 8 heteroatoms. The number of amides is 2. The molecule has 1 aliphatic heterocycles. The van der Waals surface area contributed by atoms with Crippen molar-refractivity contribution in [3.05, 3.63) is 222 Å². The van der Waals surface area contributed by atoms with Gasteiger partial charge in [-0.25, -0.2) is 9.88 Å².